The smallest absolute Gasteiger partial charge is 0.191 e. The Morgan fingerprint density at radius 1 is 1.12 bits per heavy atom. The molecule has 1 rings (SSSR count). The van der Waals surface area contributed by atoms with Crippen LogP contribution in [0.2, 0.25) is 18.1 Å². The second kappa shape index (κ2) is 8.93. The number of carbonyl (C=O) groups excluding carboxylic acids is 1. The first kappa shape index (κ1) is 21.1. The molecule has 0 spiro atoms. The van der Waals surface area contributed by atoms with Crippen LogP contribution in [0.4, 0.5) is 0 Å². The van der Waals surface area contributed by atoms with Crippen molar-refractivity contribution >= 4 is 14.6 Å². The second-order valence-corrected chi connectivity index (χ2v) is 13.1. The van der Waals surface area contributed by atoms with Crippen LogP contribution in [-0.4, -0.2) is 27.3 Å². The van der Waals surface area contributed by atoms with Gasteiger partial charge in [0, 0.05) is 18.4 Å². The maximum Gasteiger partial charge on any atom is 0.191 e. The van der Waals surface area contributed by atoms with E-state index in [0.717, 1.165) is 11.8 Å². The number of carbonyl (C=O) groups is 1. The van der Waals surface area contributed by atoms with E-state index in [2.05, 4.69) is 40.8 Å². The van der Waals surface area contributed by atoms with E-state index >= 15 is 0 Å². The molecule has 0 aliphatic heterocycles. The summed E-state index contributed by atoms with van der Waals surface area (Å²) in [4.78, 5) is 11.3. The molecule has 3 atom stereocenters. The Balaban J connectivity index is 2.68. The van der Waals surface area contributed by atoms with E-state index in [4.69, 9.17) is 9.16 Å². The second-order valence-electron chi connectivity index (χ2n) is 8.31. The Bertz CT molecular complexity index is 493. The molecule has 0 unspecified atom stereocenters. The van der Waals surface area contributed by atoms with Gasteiger partial charge in [0.15, 0.2) is 8.32 Å². The SMILES string of the molecule is C[C@H](C=O)[C@H](OCc1ccccc1)[C@H](C)CO[Si](C)(C)C(C)(C)C. The molecule has 136 valence electrons. The van der Waals surface area contributed by atoms with Gasteiger partial charge in [0.05, 0.1) is 12.7 Å². The van der Waals surface area contributed by atoms with Crippen LogP contribution in [0, 0.1) is 11.8 Å². The molecule has 1 aromatic rings. The molecular formula is C20H34O3Si. The van der Waals surface area contributed by atoms with Crippen LogP contribution in [0.15, 0.2) is 30.3 Å². The topological polar surface area (TPSA) is 35.5 Å². The highest BCUT2D eigenvalue weighted by atomic mass is 28.4. The summed E-state index contributed by atoms with van der Waals surface area (Å²) in [7, 11) is -1.79. The third kappa shape index (κ3) is 6.15. The molecular weight excluding hydrogens is 316 g/mol. The van der Waals surface area contributed by atoms with Gasteiger partial charge in [-0.05, 0) is 23.7 Å². The highest BCUT2D eigenvalue weighted by molar-refractivity contribution is 6.74. The van der Waals surface area contributed by atoms with Gasteiger partial charge in [0.25, 0.3) is 0 Å². The normalized spacial score (nSPS) is 16.5. The minimum Gasteiger partial charge on any atom is -0.416 e. The van der Waals surface area contributed by atoms with Crippen molar-refractivity contribution in [1.82, 2.24) is 0 Å². The lowest BCUT2D eigenvalue weighted by Gasteiger charge is -2.38. The summed E-state index contributed by atoms with van der Waals surface area (Å²) in [6, 6.07) is 10.1. The number of aldehydes is 1. The fourth-order valence-electron chi connectivity index (χ4n) is 2.33. The van der Waals surface area contributed by atoms with Crippen LogP contribution in [0.5, 0.6) is 0 Å². The molecule has 0 radical (unpaired) electrons. The van der Waals surface area contributed by atoms with Gasteiger partial charge in [-0.2, -0.15) is 0 Å². The number of rotatable bonds is 9. The van der Waals surface area contributed by atoms with E-state index in [9.17, 15) is 4.79 Å². The van der Waals surface area contributed by atoms with Crippen LogP contribution in [0.3, 0.4) is 0 Å². The lowest BCUT2D eigenvalue weighted by atomic mass is 9.95. The maximum absolute atomic E-state index is 11.3. The zero-order chi connectivity index (χ0) is 18.4. The summed E-state index contributed by atoms with van der Waals surface area (Å²) in [6.45, 7) is 16.4. The summed E-state index contributed by atoms with van der Waals surface area (Å²) in [5.41, 5.74) is 1.12. The molecule has 3 nitrogen and oxygen atoms in total. The average Bonchev–Trinajstić information content (AvgIpc) is 2.52. The predicted octanol–water partition coefficient (Wildman–Crippen LogP) is 5.06. The van der Waals surface area contributed by atoms with E-state index in [1.165, 1.54) is 0 Å². The highest BCUT2D eigenvalue weighted by Crippen LogP contribution is 2.37. The number of benzene rings is 1. The third-order valence-corrected chi connectivity index (χ3v) is 9.59. The lowest BCUT2D eigenvalue weighted by molar-refractivity contribution is -0.118. The zero-order valence-electron chi connectivity index (χ0n) is 16.3. The lowest BCUT2D eigenvalue weighted by Crippen LogP contribution is -2.43. The summed E-state index contributed by atoms with van der Waals surface area (Å²) in [5.74, 6) is 0.0229. The molecule has 0 saturated heterocycles. The summed E-state index contributed by atoms with van der Waals surface area (Å²) in [6.07, 6.45) is 0.853. The van der Waals surface area contributed by atoms with Crippen molar-refractivity contribution in [2.75, 3.05) is 6.61 Å². The summed E-state index contributed by atoms with van der Waals surface area (Å²) >= 11 is 0. The fraction of sp³-hybridized carbons (Fsp3) is 0.650. The largest absolute Gasteiger partial charge is 0.416 e. The molecule has 0 fully saturated rings. The Morgan fingerprint density at radius 3 is 2.21 bits per heavy atom. The van der Waals surface area contributed by atoms with Gasteiger partial charge in [-0.3, -0.25) is 0 Å². The molecule has 0 saturated carbocycles. The zero-order valence-corrected chi connectivity index (χ0v) is 17.3. The van der Waals surface area contributed by atoms with Crippen molar-refractivity contribution in [1.29, 1.82) is 0 Å². The molecule has 4 heteroatoms. The van der Waals surface area contributed by atoms with Crippen LogP contribution < -0.4 is 0 Å². The van der Waals surface area contributed by atoms with Crippen molar-refractivity contribution in [3.63, 3.8) is 0 Å². The van der Waals surface area contributed by atoms with Crippen LogP contribution in [0.1, 0.15) is 40.2 Å². The Hall–Kier alpha value is -0.973. The van der Waals surface area contributed by atoms with Crippen molar-refractivity contribution in [2.45, 2.75) is 65.5 Å². The Labute approximate surface area is 148 Å². The molecule has 0 heterocycles. The molecule has 24 heavy (non-hydrogen) atoms. The van der Waals surface area contributed by atoms with E-state index in [0.29, 0.717) is 13.2 Å². The first-order valence-electron chi connectivity index (χ1n) is 8.83. The summed E-state index contributed by atoms with van der Waals surface area (Å²) in [5, 5.41) is 0.184. The van der Waals surface area contributed by atoms with Crippen LogP contribution in [-0.2, 0) is 20.6 Å². The number of ether oxygens (including phenoxy) is 1. The third-order valence-electron chi connectivity index (χ3n) is 5.09. The minimum atomic E-state index is -1.79. The first-order valence-corrected chi connectivity index (χ1v) is 11.7. The monoisotopic (exact) mass is 350 g/mol. The van der Waals surface area contributed by atoms with Crippen molar-refractivity contribution < 1.29 is 14.0 Å². The molecule has 0 aliphatic carbocycles. The Kier molecular flexibility index (Phi) is 7.84. The molecule has 0 aliphatic rings. The average molecular weight is 351 g/mol. The Morgan fingerprint density at radius 2 is 1.71 bits per heavy atom. The van der Waals surface area contributed by atoms with Gasteiger partial charge in [-0.15, -0.1) is 0 Å². The van der Waals surface area contributed by atoms with Crippen molar-refractivity contribution in [3.05, 3.63) is 35.9 Å². The number of hydrogen-bond acceptors (Lipinski definition) is 3. The van der Waals surface area contributed by atoms with Crippen LogP contribution in [0.25, 0.3) is 0 Å². The van der Waals surface area contributed by atoms with E-state index in [1.807, 2.05) is 37.3 Å². The van der Waals surface area contributed by atoms with E-state index < -0.39 is 8.32 Å². The van der Waals surface area contributed by atoms with Gasteiger partial charge in [0.1, 0.15) is 6.29 Å². The van der Waals surface area contributed by atoms with Gasteiger partial charge in [-0.25, -0.2) is 0 Å². The van der Waals surface area contributed by atoms with Crippen molar-refractivity contribution in [3.8, 4) is 0 Å². The first-order chi connectivity index (χ1) is 11.1. The standard InChI is InChI=1S/C20H34O3Si/c1-16(13-21)19(22-15-18-11-9-8-10-12-18)17(2)14-23-24(6,7)20(3,4)5/h8-13,16-17,19H,14-15H2,1-7H3/t16-,17-,19+/m1/s1. The molecule has 0 amide bonds. The van der Waals surface area contributed by atoms with Crippen molar-refractivity contribution in [2.24, 2.45) is 11.8 Å². The highest BCUT2D eigenvalue weighted by Gasteiger charge is 2.38. The maximum atomic E-state index is 11.3. The minimum absolute atomic E-state index is 0.132. The molecule has 0 N–H and O–H groups in total. The molecule has 0 bridgehead atoms. The quantitative estimate of drug-likeness (QED) is 0.461. The van der Waals surface area contributed by atoms with Gasteiger partial charge >= 0.3 is 0 Å². The predicted molar refractivity (Wildman–Crippen MR) is 103 cm³/mol. The number of hydrogen-bond donors (Lipinski definition) is 0. The van der Waals surface area contributed by atoms with E-state index in [1.54, 1.807) is 0 Å². The summed E-state index contributed by atoms with van der Waals surface area (Å²) < 4.78 is 12.4. The van der Waals surface area contributed by atoms with Crippen LogP contribution >= 0.6 is 0 Å². The molecule has 0 aromatic heterocycles. The van der Waals surface area contributed by atoms with Gasteiger partial charge in [0.2, 0.25) is 0 Å². The van der Waals surface area contributed by atoms with Gasteiger partial charge < -0.3 is 14.0 Å². The van der Waals surface area contributed by atoms with Gasteiger partial charge in [-0.1, -0.05) is 65.0 Å². The molecule has 1 aromatic carbocycles. The van der Waals surface area contributed by atoms with E-state index in [-0.39, 0.29) is 23.0 Å². The fourth-order valence-corrected chi connectivity index (χ4v) is 3.44.